The molecule has 1 aromatic carbocycles. The SMILES string of the molecule is Cc1c(F)cccc1NC(=O)CCN1CCCC(CNC(=O)C2CCCN2)C1. The first kappa shape index (κ1) is 20.7. The maximum absolute atomic E-state index is 13.6. The Morgan fingerprint density at radius 3 is 2.93 bits per heavy atom. The van der Waals surface area contributed by atoms with E-state index in [0.29, 0.717) is 36.7 Å². The van der Waals surface area contributed by atoms with E-state index in [1.807, 2.05) is 0 Å². The fourth-order valence-corrected chi connectivity index (χ4v) is 4.01. The number of hydrogen-bond donors (Lipinski definition) is 3. The smallest absolute Gasteiger partial charge is 0.237 e. The van der Waals surface area contributed by atoms with Crippen molar-refractivity contribution in [3.63, 3.8) is 0 Å². The molecule has 2 amide bonds. The van der Waals surface area contributed by atoms with Crippen molar-refractivity contribution < 1.29 is 14.0 Å². The number of carbonyl (C=O) groups excluding carboxylic acids is 2. The first-order chi connectivity index (χ1) is 13.5. The summed E-state index contributed by atoms with van der Waals surface area (Å²) in [5, 5.41) is 9.11. The normalized spacial score (nSPS) is 22.8. The second kappa shape index (κ2) is 9.98. The Morgan fingerprint density at radius 1 is 1.29 bits per heavy atom. The highest BCUT2D eigenvalue weighted by molar-refractivity contribution is 5.91. The van der Waals surface area contributed by atoms with Crippen LogP contribution in [-0.2, 0) is 9.59 Å². The van der Waals surface area contributed by atoms with Gasteiger partial charge in [-0.25, -0.2) is 4.39 Å². The van der Waals surface area contributed by atoms with Crippen LogP contribution >= 0.6 is 0 Å². The number of likely N-dealkylation sites (tertiary alicyclic amines) is 1. The van der Waals surface area contributed by atoms with Crippen LogP contribution in [0.2, 0.25) is 0 Å². The predicted octanol–water partition coefficient (Wildman–Crippen LogP) is 2.04. The minimum absolute atomic E-state index is 0.0327. The molecule has 28 heavy (non-hydrogen) atoms. The minimum atomic E-state index is -0.313. The van der Waals surface area contributed by atoms with E-state index in [2.05, 4.69) is 20.9 Å². The average molecular weight is 391 g/mol. The molecule has 154 valence electrons. The van der Waals surface area contributed by atoms with E-state index in [0.717, 1.165) is 45.3 Å². The van der Waals surface area contributed by atoms with Gasteiger partial charge >= 0.3 is 0 Å². The van der Waals surface area contributed by atoms with Gasteiger partial charge in [0, 0.05) is 37.3 Å². The number of benzene rings is 1. The molecule has 2 heterocycles. The van der Waals surface area contributed by atoms with Crippen LogP contribution in [-0.4, -0.2) is 55.5 Å². The number of carbonyl (C=O) groups is 2. The van der Waals surface area contributed by atoms with E-state index in [1.54, 1.807) is 19.1 Å². The van der Waals surface area contributed by atoms with Crippen molar-refractivity contribution in [1.82, 2.24) is 15.5 Å². The molecule has 0 aromatic heterocycles. The van der Waals surface area contributed by atoms with Crippen LogP contribution < -0.4 is 16.0 Å². The van der Waals surface area contributed by atoms with Gasteiger partial charge in [-0.1, -0.05) is 6.07 Å². The maximum Gasteiger partial charge on any atom is 0.237 e. The standard InChI is InChI=1S/C21H31FN4O2/c1-15-17(22)6-2-7-18(15)25-20(27)9-12-26-11-4-5-16(14-26)13-24-21(28)19-8-3-10-23-19/h2,6-7,16,19,23H,3-5,8-14H2,1H3,(H,24,28)(H,25,27). The number of nitrogens with zero attached hydrogens (tertiary/aromatic N) is 1. The summed E-state index contributed by atoms with van der Waals surface area (Å²) in [5.41, 5.74) is 0.992. The second-order valence-corrected chi connectivity index (χ2v) is 7.91. The number of nitrogens with one attached hydrogen (secondary N) is 3. The molecule has 2 aliphatic rings. The van der Waals surface area contributed by atoms with Gasteiger partial charge in [0.15, 0.2) is 0 Å². The van der Waals surface area contributed by atoms with Gasteiger partial charge in [-0.05, 0) is 63.7 Å². The quantitative estimate of drug-likeness (QED) is 0.666. The van der Waals surface area contributed by atoms with Crippen LogP contribution in [0.5, 0.6) is 0 Å². The summed E-state index contributed by atoms with van der Waals surface area (Å²) in [6.45, 7) is 5.82. The van der Waals surface area contributed by atoms with Crippen molar-refractivity contribution >= 4 is 17.5 Å². The molecule has 0 spiro atoms. The molecule has 2 fully saturated rings. The molecule has 2 atom stereocenters. The van der Waals surface area contributed by atoms with Crippen LogP contribution in [0.3, 0.4) is 0 Å². The van der Waals surface area contributed by atoms with E-state index in [4.69, 9.17) is 0 Å². The summed E-state index contributed by atoms with van der Waals surface area (Å²) in [6.07, 6.45) is 4.53. The average Bonchev–Trinajstić information content (AvgIpc) is 3.23. The van der Waals surface area contributed by atoms with Gasteiger partial charge in [0.2, 0.25) is 11.8 Å². The molecular weight excluding hydrogens is 359 g/mol. The number of hydrogen-bond acceptors (Lipinski definition) is 4. The minimum Gasteiger partial charge on any atom is -0.354 e. The lowest BCUT2D eigenvalue weighted by Gasteiger charge is -2.32. The lowest BCUT2D eigenvalue weighted by Crippen LogP contribution is -2.45. The maximum atomic E-state index is 13.6. The van der Waals surface area contributed by atoms with E-state index >= 15 is 0 Å². The monoisotopic (exact) mass is 390 g/mol. The van der Waals surface area contributed by atoms with E-state index in [9.17, 15) is 14.0 Å². The third-order valence-electron chi connectivity index (χ3n) is 5.74. The molecule has 6 nitrogen and oxygen atoms in total. The summed E-state index contributed by atoms with van der Waals surface area (Å²) in [4.78, 5) is 26.7. The number of amides is 2. The van der Waals surface area contributed by atoms with Gasteiger partial charge < -0.3 is 20.9 Å². The number of piperidine rings is 1. The van der Waals surface area contributed by atoms with Crippen molar-refractivity contribution in [2.45, 2.75) is 45.1 Å². The van der Waals surface area contributed by atoms with Crippen molar-refractivity contribution in [3.8, 4) is 0 Å². The molecule has 3 rings (SSSR count). The zero-order valence-electron chi connectivity index (χ0n) is 16.6. The number of halogens is 1. The third-order valence-corrected chi connectivity index (χ3v) is 5.74. The highest BCUT2D eigenvalue weighted by atomic mass is 19.1. The summed E-state index contributed by atoms with van der Waals surface area (Å²) in [6, 6.07) is 4.67. The summed E-state index contributed by atoms with van der Waals surface area (Å²) in [5.74, 6) is 0.120. The molecule has 0 radical (unpaired) electrons. The molecule has 2 aliphatic heterocycles. The zero-order chi connectivity index (χ0) is 19.9. The topological polar surface area (TPSA) is 73.5 Å². The van der Waals surface area contributed by atoms with Crippen LogP contribution in [0.25, 0.3) is 0 Å². The Hall–Kier alpha value is -1.99. The molecule has 2 saturated heterocycles. The summed E-state index contributed by atoms with van der Waals surface area (Å²) >= 11 is 0. The van der Waals surface area contributed by atoms with Gasteiger partial charge in [0.05, 0.1) is 6.04 Å². The third kappa shape index (κ3) is 5.75. The van der Waals surface area contributed by atoms with Crippen LogP contribution in [0.1, 0.15) is 37.7 Å². The molecule has 7 heteroatoms. The molecule has 2 unspecified atom stereocenters. The van der Waals surface area contributed by atoms with Crippen molar-refractivity contribution in [3.05, 3.63) is 29.6 Å². The summed E-state index contributed by atoms with van der Waals surface area (Å²) < 4.78 is 13.6. The highest BCUT2D eigenvalue weighted by Crippen LogP contribution is 2.19. The predicted molar refractivity (Wildman–Crippen MR) is 108 cm³/mol. The Balaban J connectivity index is 1.39. The van der Waals surface area contributed by atoms with Crippen molar-refractivity contribution in [2.24, 2.45) is 5.92 Å². The van der Waals surface area contributed by atoms with Gasteiger partial charge in [0.1, 0.15) is 5.82 Å². The largest absolute Gasteiger partial charge is 0.354 e. The van der Waals surface area contributed by atoms with Gasteiger partial charge in [0.25, 0.3) is 0 Å². The number of rotatable bonds is 7. The van der Waals surface area contributed by atoms with Crippen LogP contribution in [0, 0.1) is 18.7 Å². The van der Waals surface area contributed by atoms with Crippen molar-refractivity contribution in [1.29, 1.82) is 0 Å². The van der Waals surface area contributed by atoms with Crippen molar-refractivity contribution in [2.75, 3.05) is 38.0 Å². The molecule has 0 aliphatic carbocycles. The Morgan fingerprint density at radius 2 is 2.14 bits per heavy atom. The lowest BCUT2D eigenvalue weighted by molar-refractivity contribution is -0.123. The Bertz CT molecular complexity index is 691. The summed E-state index contributed by atoms with van der Waals surface area (Å²) in [7, 11) is 0. The molecule has 3 N–H and O–H groups in total. The Kier molecular flexibility index (Phi) is 7.39. The Labute approximate surface area is 166 Å². The number of anilines is 1. The van der Waals surface area contributed by atoms with Crippen LogP contribution in [0.4, 0.5) is 10.1 Å². The van der Waals surface area contributed by atoms with E-state index in [1.165, 1.54) is 6.07 Å². The van der Waals surface area contributed by atoms with E-state index < -0.39 is 0 Å². The molecule has 0 bridgehead atoms. The first-order valence-electron chi connectivity index (χ1n) is 10.3. The van der Waals surface area contributed by atoms with E-state index in [-0.39, 0.29) is 23.7 Å². The fraction of sp³-hybridized carbons (Fsp3) is 0.619. The molecule has 0 saturated carbocycles. The van der Waals surface area contributed by atoms with Gasteiger partial charge in [-0.3, -0.25) is 9.59 Å². The second-order valence-electron chi connectivity index (χ2n) is 7.91. The zero-order valence-corrected chi connectivity index (χ0v) is 16.6. The first-order valence-corrected chi connectivity index (χ1v) is 10.3. The van der Waals surface area contributed by atoms with Gasteiger partial charge in [-0.15, -0.1) is 0 Å². The van der Waals surface area contributed by atoms with Crippen LogP contribution in [0.15, 0.2) is 18.2 Å². The van der Waals surface area contributed by atoms with Gasteiger partial charge in [-0.2, -0.15) is 0 Å². The highest BCUT2D eigenvalue weighted by Gasteiger charge is 2.24. The fourth-order valence-electron chi connectivity index (χ4n) is 4.01. The molecule has 1 aromatic rings. The molecular formula is C21H31FN4O2. The lowest BCUT2D eigenvalue weighted by atomic mass is 9.97.